The molecular formula is C50H58IrN2O2-2. The first-order chi connectivity index (χ1) is 26.7. The number of aromatic nitrogens is 2. The van der Waals surface area contributed by atoms with Crippen LogP contribution < -0.4 is 0 Å². The van der Waals surface area contributed by atoms with Crippen LogP contribution in [0.4, 0.5) is 0 Å². The summed E-state index contributed by atoms with van der Waals surface area (Å²) < 4.78 is 16.3. The molecule has 4 aromatic carbocycles. The average molecular weight is 913 g/mol. The average Bonchev–Trinajstić information content (AvgIpc) is 3.16. The Morgan fingerprint density at radius 2 is 1.36 bits per heavy atom. The summed E-state index contributed by atoms with van der Waals surface area (Å²) in [6, 6.07) is 33.7. The number of benzene rings is 4. The van der Waals surface area contributed by atoms with E-state index in [0.717, 1.165) is 81.2 Å². The van der Waals surface area contributed by atoms with Crippen molar-refractivity contribution in [2.24, 2.45) is 11.8 Å². The number of nitrogens with zero attached hydrogens (tertiary/aromatic N) is 2. The molecule has 291 valence electrons. The molecule has 5 heteroatoms. The summed E-state index contributed by atoms with van der Waals surface area (Å²) >= 11 is 0. The molecule has 1 N–H and O–H groups in total. The summed E-state index contributed by atoms with van der Waals surface area (Å²) in [5.74, 6) is 0.934. The Morgan fingerprint density at radius 1 is 0.764 bits per heavy atom. The molecule has 6 aromatic rings. The zero-order valence-corrected chi connectivity index (χ0v) is 36.6. The number of aliphatic hydroxyl groups excluding tert-OH is 1. The van der Waals surface area contributed by atoms with Gasteiger partial charge in [0.25, 0.3) is 0 Å². The number of allylic oxidation sites excluding steroid dienone is 2. The quantitative estimate of drug-likeness (QED) is 0.0845. The second-order valence-electron chi connectivity index (χ2n) is 14.6. The zero-order chi connectivity index (χ0) is 41.1. The molecule has 0 saturated heterocycles. The van der Waals surface area contributed by atoms with Gasteiger partial charge >= 0.3 is 0 Å². The molecule has 0 saturated carbocycles. The number of rotatable bonds is 10. The molecule has 0 fully saturated rings. The Hall–Kier alpha value is -4.44. The number of hydrogen-bond acceptors (Lipinski definition) is 4. The number of fused-ring (bicyclic) bond motifs is 2. The van der Waals surface area contributed by atoms with E-state index in [4.69, 9.17) is 7.73 Å². The van der Waals surface area contributed by atoms with Crippen LogP contribution in [0.1, 0.15) is 104 Å². The molecule has 1 radical (unpaired) electrons. The summed E-state index contributed by atoms with van der Waals surface area (Å²) in [6.07, 6.45) is 4.92. The van der Waals surface area contributed by atoms with Crippen LogP contribution in [-0.4, -0.2) is 20.9 Å². The van der Waals surface area contributed by atoms with Gasteiger partial charge in [-0.15, -0.1) is 69.8 Å². The van der Waals surface area contributed by atoms with E-state index < -0.39 is 0 Å². The van der Waals surface area contributed by atoms with E-state index in [2.05, 4.69) is 87.3 Å². The number of aliphatic hydroxyl groups is 1. The Morgan fingerprint density at radius 3 is 1.96 bits per heavy atom. The Balaban J connectivity index is 0.000000233. The van der Waals surface area contributed by atoms with E-state index in [-0.39, 0.29) is 55.7 Å². The first kappa shape index (κ1) is 41.7. The molecule has 0 atom stereocenters. The van der Waals surface area contributed by atoms with Crippen LogP contribution in [0.15, 0.2) is 103 Å². The number of carbonyl (C=O) groups is 1. The second kappa shape index (κ2) is 21.6. The van der Waals surface area contributed by atoms with Gasteiger partial charge < -0.3 is 10.1 Å². The first-order valence-corrected chi connectivity index (χ1v) is 19.4. The van der Waals surface area contributed by atoms with E-state index in [9.17, 15) is 9.90 Å². The minimum Gasteiger partial charge on any atom is -0.512 e. The van der Waals surface area contributed by atoms with Gasteiger partial charge in [-0.25, -0.2) is 0 Å². The molecule has 0 spiro atoms. The summed E-state index contributed by atoms with van der Waals surface area (Å²) in [6.45, 7) is 20.6. The molecule has 0 bridgehead atoms. The van der Waals surface area contributed by atoms with Gasteiger partial charge in [-0.05, 0) is 76.8 Å². The monoisotopic (exact) mass is 913 g/mol. The van der Waals surface area contributed by atoms with Crippen molar-refractivity contribution in [2.45, 2.75) is 101 Å². The SMILES string of the molecule is CCC(CC)C(=O)/C=C(\O)C(CC)CC.Cc1[c-]c(-c2ccc3ccccc3n2)cc(C)c1.[2H]c1nc(-c2[c-]c(C)cc(C)c2)c2ccc(C(C)C)cc2c1[2H].[Ir]. The van der Waals surface area contributed by atoms with Crippen molar-refractivity contribution in [2.75, 3.05) is 0 Å². The van der Waals surface area contributed by atoms with Gasteiger partial charge in [-0.1, -0.05) is 118 Å². The minimum atomic E-state index is 0. The number of pyridine rings is 2. The number of carbonyl (C=O) groups excluding carboxylic acids is 1. The maximum Gasteiger partial charge on any atom is 0.162 e. The predicted octanol–water partition coefficient (Wildman–Crippen LogP) is 13.6. The smallest absolute Gasteiger partial charge is 0.162 e. The predicted molar refractivity (Wildman–Crippen MR) is 229 cm³/mol. The molecule has 55 heavy (non-hydrogen) atoms. The van der Waals surface area contributed by atoms with Crippen LogP contribution in [0.3, 0.4) is 0 Å². The van der Waals surface area contributed by atoms with Gasteiger partial charge in [-0.3, -0.25) is 9.78 Å². The molecule has 6 rings (SSSR count). The number of hydrogen-bond donors (Lipinski definition) is 1. The fourth-order valence-corrected chi connectivity index (χ4v) is 6.69. The fraction of sp³-hybridized carbons (Fsp3) is 0.340. The van der Waals surface area contributed by atoms with Crippen molar-refractivity contribution in [1.29, 1.82) is 0 Å². The van der Waals surface area contributed by atoms with Gasteiger partial charge in [0.1, 0.15) is 0 Å². The molecule has 0 aliphatic heterocycles. The minimum absolute atomic E-state index is 0. The zero-order valence-electron chi connectivity index (χ0n) is 36.2. The van der Waals surface area contributed by atoms with Crippen LogP contribution >= 0.6 is 0 Å². The summed E-state index contributed by atoms with van der Waals surface area (Å²) in [5.41, 5.74) is 10.5. The topological polar surface area (TPSA) is 63.1 Å². The van der Waals surface area contributed by atoms with Gasteiger partial charge in [0.2, 0.25) is 0 Å². The molecule has 0 amide bonds. The second-order valence-corrected chi connectivity index (χ2v) is 14.6. The van der Waals surface area contributed by atoms with Crippen molar-refractivity contribution in [3.8, 4) is 22.5 Å². The Labute approximate surface area is 346 Å². The van der Waals surface area contributed by atoms with Gasteiger partial charge in [-0.2, -0.15) is 0 Å². The molecule has 0 aliphatic carbocycles. The number of aryl methyl sites for hydroxylation is 4. The van der Waals surface area contributed by atoms with Crippen LogP contribution in [0.25, 0.3) is 44.2 Å². The maximum atomic E-state index is 11.7. The van der Waals surface area contributed by atoms with Crippen molar-refractivity contribution in [1.82, 2.24) is 9.97 Å². The van der Waals surface area contributed by atoms with E-state index in [0.29, 0.717) is 5.92 Å². The third kappa shape index (κ3) is 12.5. The largest absolute Gasteiger partial charge is 0.512 e. The third-order valence-electron chi connectivity index (χ3n) is 9.83. The van der Waals surface area contributed by atoms with Crippen molar-refractivity contribution < 1.29 is 32.7 Å². The van der Waals surface area contributed by atoms with Crippen molar-refractivity contribution >= 4 is 27.5 Å². The normalized spacial score (nSPS) is 11.8. The van der Waals surface area contributed by atoms with Crippen molar-refractivity contribution in [3.05, 3.63) is 143 Å². The first-order valence-electron chi connectivity index (χ1n) is 20.4. The van der Waals surface area contributed by atoms with Crippen LogP contribution in [0.5, 0.6) is 0 Å². The van der Waals surface area contributed by atoms with Crippen molar-refractivity contribution in [3.63, 3.8) is 0 Å². The molecule has 2 aromatic heterocycles. The number of ketones is 1. The molecule has 0 aliphatic rings. The van der Waals surface area contributed by atoms with Gasteiger partial charge in [0.15, 0.2) is 5.78 Å². The number of para-hydroxylation sites is 1. The van der Waals surface area contributed by atoms with E-state index in [1.807, 2.05) is 77.9 Å². The Bertz CT molecular complexity index is 2270. The van der Waals surface area contributed by atoms with Gasteiger partial charge in [0, 0.05) is 44.2 Å². The fourth-order valence-electron chi connectivity index (χ4n) is 6.69. The van der Waals surface area contributed by atoms with E-state index in [1.54, 1.807) is 0 Å². The van der Waals surface area contributed by atoms with Crippen LogP contribution in [-0.2, 0) is 24.9 Å². The summed E-state index contributed by atoms with van der Waals surface area (Å²) in [7, 11) is 0. The molecule has 2 heterocycles. The van der Waals surface area contributed by atoms with Crippen LogP contribution in [0.2, 0.25) is 0 Å². The summed E-state index contributed by atoms with van der Waals surface area (Å²) in [5, 5.41) is 12.6. The molecule has 4 nitrogen and oxygen atoms in total. The Kier molecular flexibility index (Phi) is 16.4. The molecular weight excluding hydrogens is 853 g/mol. The van der Waals surface area contributed by atoms with Crippen LogP contribution in [0, 0.1) is 51.7 Å². The molecule has 0 unspecified atom stereocenters. The maximum absolute atomic E-state index is 11.7. The van der Waals surface area contributed by atoms with Gasteiger partial charge in [0.05, 0.1) is 14.0 Å². The van der Waals surface area contributed by atoms with E-state index in [1.165, 1.54) is 22.6 Å². The van der Waals surface area contributed by atoms with E-state index >= 15 is 0 Å². The standard InChI is InChI=1S/C20H20N.C17H14N.C13H24O2.Ir/c1-13(2)16-5-6-19-17(12-16)7-8-21-20(19)18-10-14(3)9-15(4)11-18;1-12-9-13(2)11-15(10-12)17-8-7-14-5-3-4-6-16(14)18-17;1-5-10(6-2)12(14)9-13(15)11(7-3)8-4;/h5-10,12-13H,1-4H3;3-10H,1-2H3;9-11,14H,5-8H2,1-4H3;/q2*-1;;/b;;12-9-;/i7D,8D;;;. The summed E-state index contributed by atoms with van der Waals surface area (Å²) in [4.78, 5) is 20.8. The third-order valence-corrected chi connectivity index (χ3v) is 9.83.